The highest BCUT2D eigenvalue weighted by Crippen LogP contribution is 2.28. The number of benzene rings is 2. The second-order valence-corrected chi connectivity index (χ2v) is 4.73. The molecular weight excluding hydrogens is 268 g/mol. The molecule has 21 heavy (non-hydrogen) atoms. The van der Waals surface area contributed by atoms with Gasteiger partial charge in [0, 0.05) is 0 Å². The van der Waals surface area contributed by atoms with Crippen molar-refractivity contribution in [3.63, 3.8) is 0 Å². The molecule has 112 valence electrons. The van der Waals surface area contributed by atoms with Crippen molar-refractivity contribution in [1.29, 1.82) is 0 Å². The average Bonchev–Trinajstić information content (AvgIpc) is 2.52. The molecule has 1 N–H and O–H groups in total. The van der Waals surface area contributed by atoms with Gasteiger partial charge >= 0.3 is 0 Å². The van der Waals surface area contributed by atoms with E-state index >= 15 is 0 Å². The Bertz CT molecular complexity index is 593. The molecule has 0 radical (unpaired) electrons. The van der Waals surface area contributed by atoms with Crippen molar-refractivity contribution in [3.05, 3.63) is 53.6 Å². The molecule has 2 rings (SSSR count). The molecule has 0 amide bonds. The molecule has 0 aliphatic carbocycles. The molecule has 1 atom stereocenters. The van der Waals surface area contributed by atoms with Crippen LogP contribution in [-0.4, -0.2) is 19.3 Å². The van der Waals surface area contributed by atoms with Crippen LogP contribution in [0.5, 0.6) is 17.2 Å². The number of ether oxygens (including phenoxy) is 3. The summed E-state index contributed by atoms with van der Waals surface area (Å²) in [5.41, 5.74) is 1.81. The van der Waals surface area contributed by atoms with Gasteiger partial charge in [-0.2, -0.15) is 0 Å². The Morgan fingerprint density at radius 2 is 1.76 bits per heavy atom. The molecule has 0 bridgehead atoms. The van der Waals surface area contributed by atoms with Crippen LogP contribution < -0.4 is 14.2 Å². The van der Waals surface area contributed by atoms with Gasteiger partial charge in [0.2, 0.25) is 0 Å². The highest BCUT2D eigenvalue weighted by molar-refractivity contribution is 5.42. The summed E-state index contributed by atoms with van der Waals surface area (Å²) >= 11 is 0. The minimum absolute atomic E-state index is 0.420. The summed E-state index contributed by atoms with van der Waals surface area (Å²) in [5.74, 6) is 2.09. The van der Waals surface area contributed by atoms with Crippen LogP contribution in [0.4, 0.5) is 0 Å². The van der Waals surface area contributed by atoms with Crippen LogP contribution >= 0.6 is 0 Å². The SMILES string of the molecule is COc1ccc(COc2cccc([C@@H](C)O)c2)cc1OC. The molecule has 0 spiro atoms. The number of rotatable bonds is 6. The van der Waals surface area contributed by atoms with Crippen molar-refractivity contribution < 1.29 is 19.3 Å². The zero-order valence-electron chi connectivity index (χ0n) is 12.5. The van der Waals surface area contributed by atoms with E-state index in [4.69, 9.17) is 14.2 Å². The Labute approximate surface area is 124 Å². The van der Waals surface area contributed by atoms with Crippen molar-refractivity contribution >= 4 is 0 Å². The normalized spacial score (nSPS) is 11.8. The monoisotopic (exact) mass is 288 g/mol. The molecule has 0 unspecified atom stereocenters. The molecule has 0 fully saturated rings. The molecule has 0 saturated carbocycles. The van der Waals surface area contributed by atoms with Gasteiger partial charge < -0.3 is 19.3 Å². The molecule has 0 saturated heterocycles. The third kappa shape index (κ3) is 3.89. The first kappa shape index (κ1) is 15.2. The summed E-state index contributed by atoms with van der Waals surface area (Å²) < 4.78 is 16.2. The number of hydrogen-bond acceptors (Lipinski definition) is 4. The summed E-state index contributed by atoms with van der Waals surface area (Å²) in [6, 6.07) is 13.1. The summed E-state index contributed by atoms with van der Waals surface area (Å²) in [7, 11) is 3.21. The maximum absolute atomic E-state index is 9.57. The van der Waals surface area contributed by atoms with Gasteiger partial charge in [-0.15, -0.1) is 0 Å². The molecule has 0 heterocycles. The van der Waals surface area contributed by atoms with E-state index in [1.165, 1.54) is 0 Å². The molecule has 4 heteroatoms. The first-order chi connectivity index (χ1) is 10.1. The van der Waals surface area contributed by atoms with Gasteiger partial charge in [-0.25, -0.2) is 0 Å². The van der Waals surface area contributed by atoms with E-state index in [9.17, 15) is 5.11 Å². The van der Waals surface area contributed by atoms with Gasteiger partial charge in [0.15, 0.2) is 11.5 Å². The second-order valence-electron chi connectivity index (χ2n) is 4.73. The van der Waals surface area contributed by atoms with E-state index in [0.29, 0.717) is 18.1 Å². The maximum atomic E-state index is 9.57. The van der Waals surface area contributed by atoms with E-state index in [1.807, 2.05) is 42.5 Å². The Morgan fingerprint density at radius 1 is 1.00 bits per heavy atom. The fraction of sp³-hybridized carbons (Fsp3) is 0.294. The Hall–Kier alpha value is -2.20. The van der Waals surface area contributed by atoms with Crippen LogP contribution in [0.25, 0.3) is 0 Å². The topological polar surface area (TPSA) is 47.9 Å². The molecule has 0 aliphatic heterocycles. The minimum atomic E-state index is -0.505. The molecule has 2 aromatic carbocycles. The summed E-state index contributed by atoms with van der Waals surface area (Å²) in [6.45, 7) is 2.15. The van der Waals surface area contributed by atoms with Crippen molar-refractivity contribution in [3.8, 4) is 17.2 Å². The van der Waals surface area contributed by atoms with Gasteiger partial charge in [-0.1, -0.05) is 18.2 Å². The zero-order chi connectivity index (χ0) is 15.2. The summed E-state index contributed by atoms with van der Waals surface area (Å²) in [5, 5.41) is 9.57. The van der Waals surface area contributed by atoms with Crippen molar-refractivity contribution in [2.75, 3.05) is 14.2 Å². The van der Waals surface area contributed by atoms with Crippen molar-refractivity contribution in [2.45, 2.75) is 19.6 Å². The number of aliphatic hydroxyl groups excluding tert-OH is 1. The van der Waals surface area contributed by atoms with Crippen LogP contribution in [0.2, 0.25) is 0 Å². The van der Waals surface area contributed by atoms with Crippen LogP contribution in [-0.2, 0) is 6.61 Å². The Morgan fingerprint density at radius 3 is 2.43 bits per heavy atom. The Balaban J connectivity index is 2.07. The fourth-order valence-electron chi connectivity index (χ4n) is 2.00. The quantitative estimate of drug-likeness (QED) is 0.885. The van der Waals surface area contributed by atoms with Gasteiger partial charge in [-0.3, -0.25) is 0 Å². The zero-order valence-corrected chi connectivity index (χ0v) is 12.5. The van der Waals surface area contributed by atoms with Gasteiger partial charge in [0.1, 0.15) is 12.4 Å². The van der Waals surface area contributed by atoms with Gasteiger partial charge in [0.05, 0.1) is 20.3 Å². The Kier molecular flexibility index (Phi) is 5.06. The molecule has 2 aromatic rings. The third-order valence-corrected chi connectivity index (χ3v) is 3.19. The minimum Gasteiger partial charge on any atom is -0.493 e. The first-order valence-corrected chi connectivity index (χ1v) is 6.75. The largest absolute Gasteiger partial charge is 0.493 e. The molecule has 4 nitrogen and oxygen atoms in total. The third-order valence-electron chi connectivity index (χ3n) is 3.19. The predicted octanol–water partition coefficient (Wildman–Crippen LogP) is 3.34. The van der Waals surface area contributed by atoms with Crippen LogP contribution in [0.1, 0.15) is 24.2 Å². The number of aliphatic hydroxyl groups is 1. The van der Waals surface area contributed by atoms with Gasteiger partial charge in [-0.05, 0) is 42.3 Å². The lowest BCUT2D eigenvalue weighted by molar-refractivity contribution is 0.198. The molecule has 0 aliphatic rings. The van der Waals surface area contributed by atoms with Crippen LogP contribution in [0.3, 0.4) is 0 Å². The maximum Gasteiger partial charge on any atom is 0.161 e. The summed E-state index contributed by atoms with van der Waals surface area (Å²) in [6.07, 6.45) is -0.505. The lowest BCUT2D eigenvalue weighted by atomic mass is 10.1. The lowest BCUT2D eigenvalue weighted by Gasteiger charge is -2.12. The summed E-state index contributed by atoms with van der Waals surface area (Å²) in [4.78, 5) is 0. The highest BCUT2D eigenvalue weighted by atomic mass is 16.5. The highest BCUT2D eigenvalue weighted by Gasteiger charge is 2.06. The second kappa shape index (κ2) is 6.99. The van der Waals surface area contributed by atoms with E-state index in [2.05, 4.69) is 0 Å². The fourth-order valence-corrected chi connectivity index (χ4v) is 2.00. The lowest BCUT2D eigenvalue weighted by Crippen LogP contribution is -1.98. The van der Waals surface area contributed by atoms with E-state index < -0.39 is 6.10 Å². The smallest absolute Gasteiger partial charge is 0.161 e. The molecular formula is C17H20O4. The standard InChI is InChI=1S/C17H20O4/c1-12(18)14-5-4-6-15(10-14)21-11-13-7-8-16(19-2)17(9-13)20-3/h4-10,12,18H,11H2,1-3H3/t12-/m1/s1. The van der Waals surface area contributed by atoms with Crippen molar-refractivity contribution in [2.24, 2.45) is 0 Å². The van der Waals surface area contributed by atoms with Crippen LogP contribution in [0, 0.1) is 0 Å². The first-order valence-electron chi connectivity index (χ1n) is 6.75. The van der Waals surface area contributed by atoms with E-state index in [-0.39, 0.29) is 0 Å². The number of methoxy groups -OCH3 is 2. The van der Waals surface area contributed by atoms with E-state index in [1.54, 1.807) is 21.1 Å². The average molecular weight is 288 g/mol. The van der Waals surface area contributed by atoms with Crippen LogP contribution in [0.15, 0.2) is 42.5 Å². The predicted molar refractivity (Wildman–Crippen MR) is 81.0 cm³/mol. The van der Waals surface area contributed by atoms with Gasteiger partial charge in [0.25, 0.3) is 0 Å². The van der Waals surface area contributed by atoms with Crippen molar-refractivity contribution in [1.82, 2.24) is 0 Å². The number of hydrogen-bond donors (Lipinski definition) is 1. The van der Waals surface area contributed by atoms with E-state index in [0.717, 1.165) is 16.9 Å². The molecule has 0 aromatic heterocycles.